The molecule has 1 fully saturated rings. The Balaban J connectivity index is 1.32. The molecule has 1 atom stereocenters. The molecule has 150 valence electrons. The van der Waals surface area contributed by atoms with Gasteiger partial charge in [-0.2, -0.15) is 0 Å². The topological polar surface area (TPSA) is 81.8 Å². The van der Waals surface area contributed by atoms with Gasteiger partial charge < -0.3 is 15.5 Å². The van der Waals surface area contributed by atoms with E-state index in [2.05, 4.69) is 27.7 Å². The summed E-state index contributed by atoms with van der Waals surface area (Å²) in [4.78, 5) is 41.7. The molecule has 7 nitrogen and oxygen atoms in total. The molecule has 2 N–H and O–H groups in total. The van der Waals surface area contributed by atoms with Crippen molar-refractivity contribution < 1.29 is 14.4 Å². The number of amides is 3. The second kappa shape index (κ2) is 8.45. The maximum absolute atomic E-state index is 12.7. The van der Waals surface area contributed by atoms with Crippen LogP contribution < -0.4 is 10.6 Å². The molecule has 1 saturated heterocycles. The van der Waals surface area contributed by atoms with Gasteiger partial charge in [-0.1, -0.05) is 42.5 Å². The maximum atomic E-state index is 12.7. The standard InChI is InChI=1S/C22H24N4O3/c27-20(26-12-10-25(11-13-26)15-16-6-2-1-3-7-16)14-19-22(29)23-18-9-5-4-8-17(18)21(28)24-19/h1-9,19H,10-15H2,(H,23,29)(H,24,28)/t19-/m0/s1. The molecule has 0 bridgehead atoms. The van der Waals surface area contributed by atoms with Gasteiger partial charge in [0.2, 0.25) is 11.8 Å². The zero-order valence-electron chi connectivity index (χ0n) is 16.1. The van der Waals surface area contributed by atoms with Crippen molar-refractivity contribution in [2.24, 2.45) is 0 Å². The molecule has 0 unspecified atom stereocenters. The number of benzene rings is 2. The summed E-state index contributed by atoms with van der Waals surface area (Å²) in [5.74, 6) is -0.820. The van der Waals surface area contributed by atoms with Gasteiger partial charge in [0.15, 0.2) is 0 Å². The normalized spacial score (nSPS) is 19.7. The predicted octanol–water partition coefficient (Wildman–Crippen LogP) is 1.47. The SMILES string of the molecule is O=C1N[C@@H](CC(=O)N2CCN(Cc3ccccc3)CC2)C(=O)Nc2ccccc21. The van der Waals surface area contributed by atoms with E-state index in [4.69, 9.17) is 0 Å². The average molecular weight is 392 g/mol. The fourth-order valence-electron chi connectivity index (χ4n) is 3.76. The average Bonchev–Trinajstić information content (AvgIpc) is 2.85. The summed E-state index contributed by atoms with van der Waals surface area (Å²) in [5, 5.41) is 5.43. The molecule has 2 aliphatic rings. The van der Waals surface area contributed by atoms with Gasteiger partial charge in [-0.05, 0) is 17.7 Å². The predicted molar refractivity (Wildman–Crippen MR) is 109 cm³/mol. The van der Waals surface area contributed by atoms with Crippen LogP contribution in [0.3, 0.4) is 0 Å². The fraction of sp³-hybridized carbons (Fsp3) is 0.318. The van der Waals surface area contributed by atoms with Crippen LogP contribution in [0.2, 0.25) is 0 Å². The van der Waals surface area contributed by atoms with Gasteiger partial charge >= 0.3 is 0 Å². The summed E-state index contributed by atoms with van der Waals surface area (Å²) < 4.78 is 0. The van der Waals surface area contributed by atoms with Crippen molar-refractivity contribution in [3.63, 3.8) is 0 Å². The molecule has 0 saturated carbocycles. The van der Waals surface area contributed by atoms with E-state index in [1.807, 2.05) is 18.2 Å². The maximum Gasteiger partial charge on any atom is 0.254 e. The summed E-state index contributed by atoms with van der Waals surface area (Å²) in [6.45, 7) is 3.68. The van der Waals surface area contributed by atoms with Crippen LogP contribution in [0, 0.1) is 0 Å². The lowest BCUT2D eigenvalue weighted by Crippen LogP contribution is -2.51. The van der Waals surface area contributed by atoms with Crippen molar-refractivity contribution in [2.75, 3.05) is 31.5 Å². The van der Waals surface area contributed by atoms with Gasteiger partial charge in [-0.3, -0.25) is 19.3 Å². The van der Waals surface area contributed by atoms with Crippen molar-refractivity contribution in [2.45, 2.75) is 19.0 Å². The second-order valence-corrected chi connectivity index (χ2v) is 7.41. The zero-order valence-corrected chi connectivity index (χ0v) is 16.1. The van der Waals surface area contributed by atoms with E-state index in [0.717, 1.165) is 19.6 Å². The minimum Gasteiger partial charge on any atom is -0.340 e. The highest BCUT2D eigenvalue weighted by Gasteiger charge is 2.31. The summed E-state index contributed by atoms with van der Waals surface area (Å²) >= 11 is 0. The molecule has 0 aliphatic carbocycles. The Morgan fingerprint density at radius 2 is 1.62 bits per heavy atom. The van der Waals surface area contributed by atoms with Gasteiger partial charge in [0.05, 0.1) is 17.7 Å². The minimum absolute atomic E-state index is 0.0375. The largest absolute Gasteiger partial charge is 0.340 e. The number of carbonyl (C=O) groups excluding carboxylic acids is 3. The zero-order chi connectivity index (χ0) is 20.2. The van der Waals surface area contributed by atoms with Crippen molar-refractivity contribution in [1.29, 1.82) is 0 Å². The van der Waals surface area contributed by atoms with Gasteiger partial charge in [-0.15, -0.1) is 0 Å². The first-order valence-electron chi connectivity index (χ1n) is 9.85. The van der Waals surface area contributed by atoms with Gasteiger partial charge in [0.25, 0.3) is 5.91 Å². The Morgan fingerprint density at radius 1 is 0.931 bits per heavy atom. The summed E-state index contributed by atoms with van der Waals surface area (Å²) in [6.07, 6.45) is -0.0375. The first-order chi connectivity index (χ1) is 14.1. The summed E-state index contributed by atoms with van der Waals surface area (Å²) in [7, 11) is 0. The lowest BCUT2D eigenvalue weighted by Gasteiger charge is -2.35. The number of anilines is 1. The Labute approximate surface area is 169 Å². The number of fused-ring (bicyclic) bond motifs is 1. The molecule has 2 aliphatic heterocycles. The number of nitrogens with zero attached hydrogens (tertiary/aromatic N) is 2. The van der Waals surface area contributed by atoms with E-state index in [9.17, 15) is 14.4 Å². The van der Waals surface area contributed by atoms with Crippen LogP contribution in [0.15, 0.2) is 54.6 Å². The smallest absolute Gasteiger partial charge is 0.254 e. The number of carbonyl (C=O) groups is 3. The van der Waals surface area contributed by atoms with Crippen LogP contribution in [-0.4, -0.2) is 59.7 Å². The molecule has 0 radical (unpaired) electrons. The fourth-order valence-corrected chi connectivity index (χ4v) is 3.76. The molecule has 2 heterocycles. The first-order valence-corrected chi connectivity index (χ1v) is 9.85. The Morgan fingerprint density at radius 3 is 2.38 bits per heavy atom. The summed E-state index contributed by atoms with van der Waals surface area (Å²) in [5.41, 5.74) is 2.13. The number of rotatable bonds is 4. The molecule has 0 spiro atoms. The number of piperazine rings is 1. The van der Waals surface area contributed by atoms with Crippen LogP contribution in [-0.2, 0) is 16.1 Å². The van der Waals surface area contributed by atoms with Crippen LogP contribution in [0.5, 0.6) is 0 Å². The lowest BCUT2D eigenvalue weighted by molar-refractivity contribution is -0.135. The molecule has 2 aromatic rings. The van der Waals surface area contributed by atoms with E-state index in [1.54, 1.807) is 29.2 Å². The molecular formula is C22H24N4O3. The van der Waals surface area contributed by atoms with Crippen molar-refractivity contribution in [3.05, 3.63) is 65.7 Å². The van der Waals surface area contributed by atoms with Gasteiger partial charge in [0.1, 0.15) is 6.04 Å². The molecule has 7 heteroatoms. The van der Waals surface area contributed by atoms with Crippen LogP contribution >= 0.6 is 0 Å². The quantitative estimate of drug-likeness (QED) is 0.826. The Bertz CT molecular complexity index is 907. The number of nitrogens with one attached hydrogen (secondary N) is 2. The van der Waals surface area contributed by atoms with E-state index in [0.29, 0.717) is 24.3 Å². The third-order valence-corrected chi connectivity index (χ3v) is 5.40. The first kappa shape index (κ1) is 19.1. The van der Waals surface area contributed by atoms with Crippen LogP contribution in [0.4, 0.5) is 5.69 Å². The van der Waals surface area contributed by atoms with Crippen molar-refractivity contribution in [3.8, 4) is 0 Å². The number of hydrogen-bond donors (Lipinski definition) is 2. The third kappa shape index (κ3) is 4.46. The monoisotopic (exact) mass is 392 g/mol. The highest BCUT2D eigenvalue weighted by molar-refractivity contribution is 6.10. The lowest BCUT2D eigenvalue weighted by atomic mass is 10.1. The summed E-state index contributed by atoms with van der Waals surface area (Å²) in [6, 6.07) is 16.2. The molecule has 4 rings (SSSR count). The van der Waals surface area contributed by atoms with E-state index in [-0.39, 0.29) is 24.1 Å². The molecular weight excluding hydrogens is 368 g/mol. The highest BCUT2D eigenvalue weighted by Crippen LogP contribution is 2.19. The van der Waals surface area contributed by atoms with Gasteiger partial charge in [0, 0.05) is 32.7 Å². The van der Waals surface area contributed by atoms with Crippen LogP contribution in [0.25, 0.3) is 0 Å². The molecule has 29 heavy (non-hydrogen) atoms. The molecule has 0 aromatic heterocycles. The minimum atomic E-state index is -0.871. The Hall–Kier alpha value is -3.19. The highest BCUT2D eigenvalue weighted by atomic mass is 16.2. The van der Waals surface area contributed by atoms with Crippen molar-refractivity contribution >= 4 is 23.4 Å². The van der Waals surface area contributed by atoms with Crippen molar-refractivity contribution in [1.82, 2.24) is 15.1 Å². The second-order valence-electron chi connectivity index (χ2n) is 7.41. The number of para-hydroxylation sites is 1. The molecule has 3 amide bonds. The third-order valence-electron chi connectivity index (χ3n) is 5.40. The molecule has 2 aromatic carbocycles. The van der Waals surface area contributed by atoms with Crippen LogP contribution in [0.1, 0.15) is 22.3 Å². The van der Waals surface area contributed by atoms with Gasteiger partial charge in [-0.25, -0.2) is 0 Å². The van der Waals surface area contributed by atoms with E-state index < -0.39 is 6.04 Å². The number of hydrogen-bond acceptors (Lipinski definition) is 4. The van der Waals surface area contributed by atoms with E-state index >= 15 is 0 Å². The van der Waals surface area contributed by atoms with E-state index in [1.165, 1.54) is 5.56 Å². The Kier molecular flexibility index (Phi) is 5.57.